The summed E-state index contributed by atoms with van der Waals surface area (Å²) in [7, 11) is 0. The van der Waals surface area contributed by atoms with E-state index in [-0.39, 0.29) is 50.3 Å². The molecule has 10 heteroatoms. The highest BCUT2D eigenvalue weighted by molar-refractivity contribution is 6.05. The first-order valence-electron chi connectivity index (χ1n) is 16.8. The van der Waals surface area contributed by atoms with Crippen LogP contribution in [-0.2, 0) is 28.7 Å². The number of aliphatic hydroxyl groups excluding tert-OH is 1. The molecule has 0 saturated carbocycles. The fraction of sp³-hybridized carbons (Fsp3) is 0.474. The summed E-state index contributed by atoms with van der Waals surface area (Å²) < 4.78 is 12.9. The molecule has 2 N–H and O–H groups in total. The molecular formula is C38H47N3O7. The Morgan fingerprint density at radius 1 is 1.12 bits per heavy atom. The van der Waals surface area contributed by atoms with Gasteiger partial charge in [-0.3, -0.25) is 19.2 Å². The smallest absolute Gasteiger partial charge is 0.313 e. The molecule has 0 aliphatic carbocycles. The van der Waals surface area contributed by atoms with E-state index in [1.807, 2.05) is 62.4 Å². The lowest BCUT2D eigenvalue weighted by molar-refractivity contribution is -0.162. The third-order valence-corrected chi connectivity index (χ3v) is 9.94. The first-order chi connectivity index (χ1) is 23.1. The van der Waals surface area contributed by atoms with Crippen LogP contribution in [0, 0.1) is 25.7 Å². The van der Waals surface area contributed by atoms with Crippen molar-refractivity contribution in [3.05, 3.63) is 90.5 Å². The molecule has 2 aromatic rings. The highest BCUT2D eigenvalue weighted by Gasteiger charge is 2.75. The number of carbonyl (C=O) groups excluding carboxylic acids is 4. The Bertz CT molecular complexity index is 1520. The Kier molecular flexibility index (Phi) is 10.9. The van der Waals surface area contributed by atoms with Gasteiger partial charge in [-0.1, -0.05) is 60.7 Å². The topological polar surface area (TPSA) is 125 Å². The Morgan fingerprint density at radius 3 is 2.48 bits per heavy atom. The van der Waals surface area contributed by atoms with Crippen molar-refractivity contribution in [3.8, 4) is 0 Å². The number of aryl methyl sites for hydroxylation is 2. The van der Waals surface area contributed by atoms with E-state index >= 15 is 0 Å². The van der Waals surface area contributed by atoms with Crippen LogP contribution in [0.15, 0.2) is 73.8 Å². The van der Waals surface area contributed by atoms with Gasteiger partial charge in [0.25, 0.3) is 5.91 Å². The van der Waals surface area contributed by atoms with Crippen molar-refractivity contribution in [2.45, 2.75) is 82.8 Å². The van der Waals surface area contributed by atoms with Crippen LogP contribution >= 0.6 is 0 Å². The summed E-state index contributed by atoms with van der Waals surface area (Å²) in [6, 6.07) is 13.4. The lowest BCUT2D eigenvalue weighted by Crippen LogP contribution is -2.56. The molecule has 0 radical (unpaired) electrons. The minimum Gasteiger partial charge on any atom is -0.455 e. The molecule has 256 valence electrons. The average molecular weight is 658 g/mol. The van der Waals surface area contributed by atoms with Crippen molar-refractivity contribution in [1.29, 1.82) is 0 Å². The quantitative estimate of drug-likeness (QED) is 0.216. The normalized spacial score (nSPS) is 25.2. The molecule has 2 aromatic carbocycles. The van der Waals surface area contributed by atoms with Gasteiger partial charge >= 0.3 is 5.97 Å². The number of allylic oxidation sites excluding steroid dienone is 1. The van der Waals surface area contributed by atoms with E-state index in [1.165, 1.54) is 4.90 Å². The molecular weight excluding hydrogens is 610 g/mol. The van der Waals surface area contributed by atoms with Gasteiger partial charge in [-0.15, -0.1) is 13.2 Å². The Balaban J connectivity index is 1.48. The first kappa shape index (κ1) is 35.0. The first-order valence-corrected chi connectivity index (χ1v) is 16.8. The zero-order valence-corrected chi connectivity index (χ0v) is 28.1. The molecule has 3 fully saturated rings. The van der Waals surface area contributed by atoms with Crippen LogP contribution in [0.2, 0.25) is 0 Å². The second-order valence-corrected chi connectivity index (χ2v) is 13.1. The summed E-state index contributed by atoms with van der Waals surface area (Å²) in [5.41, 5.74) is 2.02. The average Bonchev–Trinajstić information content (AvgIpc) is 3.72. The van der Waals surface area contributed by atoms with Crippen LogP contribution in [-0.4, -0.2) is 77.2 Å². The zero-order valence-electron chi connectivity index (χ0n) is 28.1. The number of amides is 3. The molecule has 3 aliphatic heterocycles. The van der Waals surface area contributed by atoms with Gasteiger partial charge in [0.05, 0.1) is 24.0 Å². The van der Waals surface area contributed by atoms with Gasteiger partial charge in [0.2, 0.25) is 11.8 Å². The number of hydrogen-bond donors (Lipinski definition) is 2. The number of hydrogen-bond acceptors (Lipinski definition) is 7. The molecule has 3 heterocycles. The number of ether oxygens (including phenoxy) is 2. The van der Waals surface area contributed by atoms with E-state index < -0.39 is 47.7 Å². The third-order valence-electron chi connectivity index (χ3n) is 9.94. The number of anilines is 1. The van der Waals surface area contributed by atoms with E-state index in [2.05, 4.69) is 18.5 Å². The SMILES string of the molecule is C=CCCC(=O)N[C@@H](C)[C@H](OC(=O)[C@@H]1[C@@H]2CC[C@]3(O2)[C@H](C(=O)N(CC=C)c2c(C)cccc2C)N(CCCO)C(=O)[C@@H]13)c1ccccc1. The van der Waals surface area contributed by atoms with Crippen LogP contribution in [0.4, 0.5) is 5.69 Å². The summed E-state index contributed by atoms with van der Waals surface area (Å²) in [5.74, 6) is -3.34. The van der Waals surface area contributed by atoms with Crippen LogP contribution < -0.4 is 10.2 Å². The Labute approximate surface area is 282 Å². The van der Waals surface area contributed by atoms with Crippen molar-refractivity contribution < 1.29 is 33.8 Å². The van der Waals surface area contributed by atoms with Gasteiger partial charge in [0.1, 0.15) is 17.7 Å². The van der Waals surface area contributed by atoms with Gasteiger partial charge in [0.15, 0.2) is 0 Å². The van der Waals surface area contributed by atoms with E-state index in [0.717, 1.165) is 16.8 Å². The number of esters is 1. The van der Waals surface area contributed by atoms with Gasteiger partial charge in [-0.25, -0.2) is 0 Å². The molecule has 5 rings (SSSR count). The number of fused-ring (bicyclic) bond motifs is 1. The Morgan fingerprint density at radius 2 is 1.83 bits per heavy atom. The lowest BCUT2D eigenvalue weighted by atomic mass is 9.70. The van der Waals surface area contributed by atoms with E-state index in [0.29, 0.717) is 24.8 Å². The summed E-state index contributed by atoms with van der Waals surface area (Å²) in [6.45, 7) is 13.4. The van der Waals surface area contributed by atoms with E-state index in [4.69, 9.17) is 9.47 Å². The second-order valence-electron chi connectivity index (χ2n) is 13.1. The van der Waals surface area contributed by atoms with Gasteiger partial charge < -0.3 is 29.7 Å². The molecule has 2 bridgehead atoms. The number of benzene rings is 2. The predicted octanol–water partition coefficient (Wildman–Crippen LogP) is 4.33. The van der Waals surface area contributed by atoms with Crippen molar-refractivity contribution >= 4 is 29.4 Å². The van der Waals surface area contributed by atoms with Crippen molar-refractivity contribution in [2.75, 3.05) is 24.6 Å². The molecule has 3 amide bonds. The van der Waals surface area contributed by atoms with Gasteiger partial charge in [0, 0.05) is 31.8 Å². The number of nitrogens with zero attached hydrogens (tertiary/aromatic N) is 2. The maximum absolute atomic E-state index is 14.8. The molecule has 7 atom stereocenters. The fourth-order valence-electron chi connectivity index (χ4n) is 7.92. The standard InChI is InChI=1S/C38H47N3O7/c1-6-8-18-29(43)39-26(5)33(27-16-10-9-11-17-27)47-37(46)30-28-19-20-38(48-28)31(30)35(44)41(22-13-23-42)34(38)36(45)40(21-7-2)32-24(3)14-12-15-25(32)4/h6-7,9-12,14-17,26,28,30-31,33-34,42H,1-2,8,13,18-23H2,3-5H3,(H,39,43)/t26-,28-,30+,31+,33-,34-,38+/m0/s1. The number of rotatable bonds is 15. The monoisotopic (exact) mass is 657 g/mol. The second kappa shape index (κ2) is 14.9. The summed E-state index contributed by atoms with van der Waals surface area (Å²) in [6.07, 6.45) is 3.84. The van der Waals surface area contributed by atoms with Gasteiger partial charge in [-0.2, -0.15) is 0 Å². The molecule has 48 heavy (non-hydrogen) atoms. The number of carbonyl (C=O) groups is 4. The van der Waals surface area contributed by atoms with E-state index in [9.17, 15) is 24.3 Å². The van der Waals surface area contributed by atoms with Crippen molar-refractivity contribution in [1.82, 2.24) is 10.2 Å². The van der Waals surface area contributed by atoms with Gasteiger partial charge in [-0.05, 0) is 63.1 Å². The van der Waals surface area contributed by atoms with Crippen molar-refractivity contribution in [3.63, 3.8) is 0 Å². The maximum atomic E-state index is 14.8. The molecule has 10 nitrogen and oxygen atoms in total. The number of likely N-dealkylation sites (tertiary alicyclic amines) is 1. The minimum absolute atomic E-state index is 0.134. The number of aliphatic hydroxyl groups is 1. The van der Waals surface area contributed by atoms with Crippen LogP contribution in [0.3, 0.4) is 0 Å². The number of para-hydroxylation sites is 1. The molecule has 0 aromatic heterocycles. The highest BCUT2D eigenvalue weighted by atomic mass is 16.6. The predicted molar refractivity (Wildman–Crippen MR) is 182 cm³/mol. The van der Waals surface area contributed by atoms with E-state index in [1.54, 1.807) is 24.0 Å². The Hall–Kier alpha value is -4.28. The summed E-state index contributed by atoms with van der Waals surface area (Å²) in [5, 5.41) is 12.7. The summed E-state index contributed by atoms with van der Waals surface area (Å²) in [4.78, 5) is 59.2. The molecule has 0 unspecified atom stereocenters. The van der Waals surface area contributed by atoms with Crippen LogP contribution in [0.25, 0.3) is 0 Å². The highest BCUT2D eigenvalue weighted by Crippen LogP contribution is 2.59. The molecule has 3 saturated heterocycles. The lowest BCUT2D eigenvalue weighted by Gasteiger charge is -2.37. The minimum atomic E-state index is -1.24. The van der Waals surface area contributed by atoms with Crippen molar-refractivity contribution in [2.24, 2.45) is 11.8 Å². The summed E-state index contributed by atoms with van der Waals surface area (Å²) >= 11 is 0. The fourth-order valence-corrected chi connectivity index (χ4v) is 7.92. The molecule has 3 aliphatic rings. The number of nitrogens with one attached hydrogen (secondary N) is 1. The molecule has 1 spiro atoms. The van der Waals surface area contributed by atoms with Crippen LogP contribution in [0.5, 0.6) is 0 Å². The zero-order chi connectivity index (χ0) is 34.6. The maximum Gasteiger partial charge on any atom is 0.313 e. The third kappa shape index (κ3) is 6.43. The van der Waals surface area contributed by atoms with Crippen LogP contribution in [0.1, 0.15) is 61.8 Å². The largest absolute Gasteiger partial charge is 0.455 e.